The number of fused-ring (bicyclic) bond motifs is 5. The van der Waals surface area contributed by atoms with Gasteiger partial charge < -0.3 is 15.2 Å². The highest BCUT2D eigenvalue weighted by atomic mass is 16.5. The molecule has 1 saturated heterocycles. The van der Waals surface area contributed by atoms with Gasteiger partial charge in [0.25, 0.3) is 0 Å². The molecule has 1 fully saturated rings. The Balaban J connectivity index is 1.44. The number of carbonyl (C=O) groups excluding carboxylic acids is 1. The first-order valence-corrected chi connectivity index (χ1v) is 16.3. The fourth-order valence-electron chi connectivity index (χ4n) is 7.36. The Morgan fingerprint density at radius 3 is 2.49 bits per heavy atom. The molecule has 6 aliphatic rings. The lowest BCUT2D eigenvalue weighted by Crippen LogP contribution is -2.16. The lowest BCUT2D eigenvalue weighted by molar-refractivity contribution is -0.140. The van der Waals surface area contributed by atoms with Gasteiger partial charge in [-0.05, 0) is 91.8 Å². The molecule has 8 nitrogen and oxygen atoms in total. The zero-order chi connectivity index (χ0) is 33.0. The normalized spacial score (nSPS) is 23.4. The molecule has 7 rings (SSSR count). The van der Waals surface area contributed by atoms with Crippen LogP contribution in [0.25, 0.3) is 6.08 Å². The number of rotatable bonds is 6. The second-order valence-electron chi connectivity index (χ2n) is 12.8. The molecule has 0 radical (unpaired) electrons. The maximum Gasteiger partial charge on any atom is 0.305 e. The molecule has 1 aromatic heterocycles. The highest BCUT2D eigenvalue weighted by Crippen LogP contribution is 2.46. The number of hydrogen-bond donors (Lipinski definition) is 2. The van der Waals surface area contributed by atoms with Crippen molar-refractivity contribution in [3.63, 3.8) is 0 Å². The van der Waals surface area contributed by atoms with Crippen LogP contribution in [0.3, 0.4) is 0 Å². The van der Waals surface area contributed by atoms with Crippen molar-refractivity contribution in [2.75, 3.05) is 7.11 Å². The van der Waals surface area contributed by atoms with E-state index >= 15 is 0 Å². The van der Waals surface area contributed by atoms with E-state index in [0.717, 1.165) is 91.0 Å². The number of allylic oxidation sites excluding steroid dienone is 12. The zero-order valence-electron chi connectivity index (χ0n) is 27.7. The van der Waals surface area contributed by atoms with Gasteiger partial charge in [0.1, 0.15) is 5.76 Å². The van der Waals surface area contributed by atoms with Crippen LogP contribution in [0.1, 0.15) is 65.9 Å². The molecule has 0 aromatic carbocycles. The number of pyridine rings is 1. The molecule has 0 unspecified atom stereocenters. The molecular weight excluding hydrogens is 586 g/mol. The van der Waals surface area contributed by atoms with E-state index in [0.29, 0.717) is 25.0 Å². The van der Waals surface area contributed by atoms with Gasteiger partial charge in [-0.25, -0.2) is 15.0 Å². The largest absolute Gasteiger partial charge is 0.511 e. The third kappa shape index (κ3) is 5.22. The van der Waals surface area contributed by atoms with Crippen molar-refractivity contribution >= 4 is 29.2 Å². The van der Waals surface area contributed by atoms with Gasteiger partial charge in [-0.3, -0.25) is 9.78 Å². The van der Waals surface area contributed by atoms with Gasteiger partial charge in [0.2, 0.25) is 0 Å². The average molecular weight is 626 g/mol. The predicted molar refractivity (Wildman–Crippen MR) is 187 cm³/mol. The summed E-state index contributed by atoms with van der Waals surface area (Å²) in [4.78, 5) is 31.9. The smallest absolute Gasteiger partial charge is 0.305 e. The summed E-state index contributed by atoms with van der Waals surface area (Å²) in [6.45, 7) is 10.6. The molecule has 2 N–H and O–H groups in total. The summed E-state index contributed by atoms with van der Waals surface area (Å²) in [5.74, 6) is 0.168. The summed E-state index contributed by atoms with van der Waals surface area (Å²) in [6.07, 6.45) is 16.2. The Hall–Kier alpha value is -5.11. The Labute approximate surface area is 275 Å². The number of hydrogen-bond acceptors (Lipinski definition) is 8. The quantitative estimate of drug-likeness (QED) is 0.315. The highest BCUT2D eigenvalue weighted by Gasteiger charge is 2.41. The first-order chi connectivity index (χ1) is 22.7. The van der Waals surface area contributed by atoms with E-state index in [9.17, 15) is 9.90 Å². The SMILES string of the molecule is CCC1=C(C)C2=NC1=CC1=C(C)C3=C(O)CC(=C4NC(=CC5=NC(=C2)C(/C=C/c2ccncc2)=C5C)[C@@H](C)[C@@H]4CCC(=O)OC)C3=N1. The van der Waals surface area contributed by atoms with Crippen molar-refractivity contribution in [2.45, 2.75) is 60.3 Å². The molecule has 1 aliphatic carbocycles. The van der Waals surface area contributed by atoms with Crippen LogP contribution in [0.2, 0.25) is 0 Å². The monoisotopic (exact) mass is 625 g/mol. The van der Waals surface area contributed by atoms with Gasteiger partial charge in [0.05, 0.1) is 41.3 Å². The van der Waals surface area contributed by atoms with Gasteiger partial charge in [0, 0.05) is 65.2 Å². The van der Waals surface area contributed by atoms with Crippen molar-refractivity contribution < 1.29 is 14.6 Å². The number of aliphatic hydroxyl groups is 1. The Morgan fingerprint density at radius 2 is 1.74 bits per heavy atom. The van der Waals surface area contributed by atoms with Crippen molar-refractivity contribution in [2.24, 2.45) is 26.8 Å². The number of methoxy groups -OCH3 is 1. The summed E-state index contributed by atoms with van der Waals surface area (Å²) in [5, 5.41) is 15.0. The number of carbonyl (C=O) groups is 1. The van der Waals surface area contributed by atoms with E-state index < -0.39 is 0 Å². The number of nitrogens with one attached hydrogen (secondary N) is 1. The maximum atomic E-state index is 12.3. The molecule has 8 bridgehead atoms. The van der Waals surface area contributed by atoms with Crippen LogP contribution in [0, 0.1) is 11.8 Å². The summed E-state index contributed by atoms with van der Waals surface area (Å²) in [5.41, 5.74) is 15.3. The Bertz CT molecular complexity index is 2000. The number of aromatic nitrogens is 1. The second kappa shape index (κ2) is 11.9. The number of nitrogens with zero attached hydrogens (tertiary/aromatic N) is 4. The summed E-state index contributed by atoms with van der Waals surface area (Å²) >= 11 is 0. The molecule has 8 heteroatoms. The third-order valence-corrected chi connectivity index (χ3v) is 10.1. The lowest BCUT2D eigenvalue weighted by Gasteiger charge is -2.17. The standard InChI is InChI=1S/C39H39N5O3/c1-7-25-20(2)30-18-34-26(9-8-24-12-14-40-15-13-24)21(3)29(42-34)17-31-22(4)27(10-11-36(46)47-6)38(43-31)28-16-35(45)37-23(5)32(44-39(28)37)19-33(25)41-30/h8-9,12-15,17-19,22,27,43,45H,7,10-11,16H2,1-6H3/b9-8+,31-17?,33-19?,34-18?,38-28?/t22-,27-/m0/s1. The average Bonchev–Trinajstić information content (AvgIpc) is 3.82. The predicted octanol–water partition coefficient (Wildman–Crippen LogP) is 7.72. The van der Waals surface area contributed by atoms with Crippen LogP contribution < -0.4 is 5.32 Å². The topological polar surface area (TPSA) is 109 Å². The molecular formula is C39H39N5O3. The van der Waals surface area contributed by atoms with E-state index in [-0.39, 0.29) is 17.8 Å². The van der Waals surface area contributed by atoms with Crippen LogP contribution in [0.4, 0.5) is 0 Å². The van der Waals surface area contributed by atoms with Gasteiger partial charge in [-0.1, -0.05) is 26.0 Å². The Kier molecular flexibility index (Phi) is 7.74. The van der Waals surface area contributed by atoms with Crippen molar-refractivity contribution in [1.82, 2.24) is 10.3 Å². The minimum atomic E-state index is -0.235. The van der Waals surface area contributed by atoms with Crippen LogP contribution in [0.15, 0.2) is 137 Å². The summed E-state index contributed by atoms with van der Waals surface area (Å²) in [6, 6.07) is 3.97. The number of aliphatic imine (C=N–C) groups is 3. The van der Waals surface area contributed by atoms with Gasteiger partial charge >= 0.3 is 5.97 Å². The van der Waals surface area contributed by atoms with E-state index in [1.807, 2.05) is 19.1 Å². The first-order valence-electron chi connectivity index (χ1n) is 16.3. The second-order valence-corrected chi connectivity index (χ2v) is 12.8. The molecule has 5 aliphatic heterocycles. The molecule has 0 spiro atoms. The number of ether oxygens (including phenoxy) is 1. The third-order valence-electron chi connectivity index (χ3n) is 10.1. The van der Waals surface area contributed by atoms with Crippen LogP contribution >= 0.6 is 0 Å². The van der Waals surface area contributed by atoms with Crippen molar-refractivity contribution in [1.29, 1.82) is 0 Å². The van der Waals surface area contributed by atoms with Gasteiger partial charge in [-0.2, -0.15) is 0 Å². The number of esters is 1. The molecule has 2 atom stereocenters. The number of aliphatic hydroxyl groups excluding tert-OH is 1. The molecule has 0 amide bonds. The van der Waals surface area contributed by atoms with E-state index in [1.165, 1.54) is 12.7 Å². The summed E-state index contributed by atoms with van der Waals surface area (Å²) < 4.78 is 5.01. The first kappa shape index (κ1) is 30.5. The van der Waals surface area contributed by atoms with Crippen LogP contribution in [0.5, 0.6) is 0 Å². The maximum absolute atomic E-state index is 12.3. The molecule has 238 valence electrons. The molecule has 0 saturated carbocycles. The molecule has 47 heavy (non-hydrogen) atoms. The minimum absolute atomic E-state index is 0.00907. The van der Waals surface area contributed by atoms with E-state index in [2.05, 4.69) is 68.4 Å². The zero-order valence-corrected chi connectivity index (χ0v) is 27.7. The van der Waals surface area contributed by atoms with Crippen molar-refractivity contribution in [3.8, 4) is 0 Å². The van der Waals surface area contributed by atoms with Crippen molar-refractivity contribution in [3.05, 3.63) is 128 Å². The van der Waals surface area contributed by atoms with Crippen LogP contribution in [-0.4, -0.2) is 40.3 Å². The van der Waals surface area contributed by atoms with Crippen LogP contribution in [-0.2, 0) is 9.53 Å². The van der Waals surface area contributed by atoms with E-state index in [1.54, 1.807) is 12.4 Å². The molecule has 1 aromatic rings. The highest BCUT2D eigenvalue weighted by molar-refractivity contribution is 6.21. The Morgan fingerprint density at radius 1 is 1.00 bits per heavy atom. The molecule has 6 heterocycles. The fraction of sp³-hybridized carbons (Fsp3) is 0.308. The van der Waals surface area contributed by atoms with E-state index in [4.69, 9.17) is 19.7 Å². The lowest BCUT2D eigenvalue weighted by atomic mass is 9.86. The summed E-state index contributed by atoms with van der Waals surface area (Å²) in [7, 11) is 1.43. The minimum Gasteiger partial charge on any atom is -0.511 e. The van der Waals surface area contributed by atoms with Gasteiger partial charge in [0.15, 0.2) is 0 Å². The fourth-order valence-corrected chi connectivity index (χ4v) is 7.36. The van der Waals surface area contributed by atoms with Gasteiger partial charge in [-0.15, -0.1) is 0 Å².